The summed E-state index contributed by atoms with van der Waals surface area (Å²) >= 11 is 1.72. The van der Waals surface area contributed by atoms with Gasteiger partial charge in [0.1, 0.15) is 0 Å². The maximum absolute atomic E-state index is 12.0. The third-order valence-electron chi connectivity index (χ3n) is 3.32. The number of aryl methyl sites for hydroxylation is 1. The molecule has 106 valence electrons. The van der Waals surface area contributed by atoms with Gasteiger partial charge in [0, 0.05) is 35.6 Å². The van der Waals surface area contributed by atoms with E-state index >= 15 is 0 Å². The molecule has 1 aliphatic rings. The van der Waals surface area contributed by atoms with Crippen molar-refractivity contribution in [2.45, 2.75) is 46.6 Å². The van der Waals surface area contributed by atoms with E-state index in [9.17, 15) is 4.79 Å². The summed E-state index contributed by atoms with van der Waals surface area (Å²) in [5.41, 5.74) is -0.319. The van der Waals surface area contributed by atoms with Crippen LogP contribution in [0.3, 0.4) is 0 Å². The average molecular weight is 281 g/mol. The molecule has 1 saturated heterocycles. The van der Waals surface area contributed by atoms with Gasteiger partial charge >= 0.3 is 0 Å². The minimum Gasteiger partial charge on any atom is -0.351 e. The zero-order valence-electron chi connectivity index (χ0n) is 12.2. The molecule has 0 radical (unpaired) electrons. The summed E-state index contributed by atoms with van der Waals surface area (Å²) in [7, 11) is 0. The number of piperidine rings is 1. The van der Waals surface area contributed by atoms with Gasteiger partial charge in [0.05, 0.1) is 0 Å². The molecule has 1 aromatic heterocycles. The Bertz CT molecular complexity index is 450. The van der Waals surface area contributed by atoms with Crippen molar-refractivity contribution in [1.82, 2.24) is 10.3 Å². The average Bonchev–Trinajstić information content (AvgIpc) is 2.75. The first-order chi connectivity index (χ1) is 8.86. The van der Waals surface area contributed by atoms with Gasteiger partial charge in [-0.05, 0) is 19.8 Å². The van der Waals surface area contributed by atoms with Crippen LogP contribution in [0.4, 0.5) is 5.13 Å². The summed E-state index contributed by atoms with van der Waals surface area (Å²) in [4.78, 5) is 20.0. The molecule has 4 nitrogen and oxygen atoms in total. The first-order valence-corrected chi connectivity index (χ1v) is 7.66. The van der Waals surface area contributed by atoms with Crippen LogP contribution in [-0.4, -0.2) is 30.0 Å². The summed E-state index contributed by atoms with van der Waals surface area (Å²) in [5, 5.41) is 4.24. The molecule has 1 aliphatic heterocycles. The molecular weight excluding hydrogens is 258 g/mol. The van der Waals surface area contributed by atoms with E-state index in [1.54, 1.807) is 11.3 Å². The molecule has 1 aromatic rings. The summed E-state index contributed by atoms with van der Waals surface area (Å²) in [5.74, 6) is 0.134. The lowest BCUT2D eigenvalue weighted by molar-refractivity contribution is -0.129. The second-order valence-corrected chi connectivity index (χ2v) is 7.48. The Kier molecular flexibility index (Phi) is 4.13. The highest BCUT2D eigenvalue weighted by Crippen LogP contribution is 2.25. The topological polar surface area (TPSA) is 45.2 Å². The maximum Gasteiger partial charge on any atom is 0.225 e. The van der Waals surface area contributed by atoms with Crippen LogP contribution in [-0.2, 0) is 4.79 Å². The number of carbonyl (C=O) groups is 1. The molecular formula is C14H23N3OS. The monoisotopic (exact) mass is 281 g/mol. The standard InChI is InChI=1S/C14H23N3OS/c1-10-8-15-13(19-10)17-7-5-6-11(9-17)16-12(18)14(2,3)4/h8,11H,5-7,9H2,1-4H3,(H,16,18). The van der Waals surface area contributed by atoms with E-state index < -0.39 is 0 Å². The zero-order chi connectivity index (χ0) is 14.0. The number of thiazole rings is 1. The third kappa shape index (κ3) is 3.69. The van der Waals surface area contributed by atoms with E-state index in [0.29, 0.717) is 0 Å². The van der Waals surface area contributed by atoms with Crippen LogP contribution in [0.1, 0.15) is 38.5 Å². The predicted octanol–water partition coefficient (Wildman–Crippen LogP) is 2.58. The van der Waals surface area contributed by atoms with Crippen LogP contribution in [0, 0.1) is 12.3 Å². The molecule has 2 rings (SSSR count). The first kappa shape index (κ1) is 14.3. The van der Waals surface area contributed by atoms with E-state index in [2.05, 4.69) is 22.1 Å². The number of rotatable bonds is 2. The number of aromatic nitrogens is 1. The summed E-state index contributed by atoms with van der Waals surface area (Å²) in [6, 6.07) is 0.240. The highest BCUT2D eigenvalue weighted by Gasteiger charge is 2.27. The number of amides is 1. The summed E-state index contributed by atoms with van der Waals surface area (Å²) in [6.45, 7) is 9.83. The zero-order valence-corrected chi connectivity index (χ0v) is 13.0. The molecule has 1 unspecified atom stereocenters. The molecule has 1 amide bonds. The largest absolute Gasteiger partial charge is 0.351 e. The highest BCUT2D eigenvalue weighted by molar-refractivity contribution is 7.15. The van der Waals surface area contributed by atoms with Crippen molar-refractivity contribution in [3.63, 3.8) is 0 Å². The Morgan fingerprint density at radius 1 is 1.53 bits per heavy atom. The molecule has 5 heteroatoms. The Labute approximate surface area is 119 Å². The van der Waals surface area contributed by atoms with Crippen molar-refractivity contribution >= 4 is 22.4 Å². The Hall–Kier alpha value is -1.10. The minimum atomic E-state index is -0.319. The van der Waals surface area contributed by atoms with Crippen LogP contribution in [0.2, 0.25) is 0 Å². The van der Waals surface area contributed by atoms with Gasteiger partial charge in [-0.2, -0.15) is 0 Å². The number of hydrogen-bond donors (Lipinski definition) is 1. The Balaban J connectivity index is 1.96. The predicted molar refractivity (Wildman–Crippen MR) is 79.7 cm³/mol. The fourth-order valence-electron chi connectivity index (χ4n) is 2.16. The lowest BCUT2D eigenvalue weighted by Gasteiger charge is -2.34. The summed E-state index contributed by atoms with van der Waals surface area (Å²) in [6.07, 6.45) is 4.08. The lowest BCUT2D eigenvalue weighted by Crippen LogP contribution is -2.50. The van der Waals surface area contributed by atoms with Gasteiger partial charge in [-0.3, -0.25) is 4.79 Å². The molecule has 0 aromatic carbocycles. The van der Waals surface area contributed by atoms with Crippen LogP contribution >= 0.6 is 11.3 Å². The van der Waals surface area contributed by atoms with E-state index in [4.69, 9.17) is 0 Å². The SMILES string of the molecule is Cc1cnc(N2CCCC(NC(=O)C(C)(C)C)C2)s1. The third-order valence-corrected chi connectivity index (χ3v) is 4.29. The van der Waals surface area contributed by atoms with Gasteiger partial charge < -0.3 is 10.2 Å². The van der Waals surface area contributed by atoms with Crippen LogP contribution in [0.15, 0.2) is 6.20 Å². The molecule has 2 heterocycles. The lowest BCUT2D eigenvalue weighted by atomic mass is 9.94. The second kappa shape index (κ2) is 5.49. The number of anilines is 1. The number of nitrogens with one attached hydrogen (secondary N) is 1. The molecule has 1 atom stereocenters. The minimum absolute atomic E-state index is 0.134. The smallest absolute Gasteiger partial charge is 0.225 e. The fraction of sp³-hybridized carbons (Fsp3) is 0.714. The van der Waals surface area contributed by atoms with Crippen molar-refractivity contribution in [2.24, 2.45) is 5.41 Å². The van der Waals surface area contributed by atoms with Gasteiger partial charge in [-0.1, -0.05) is 20.8 Å². The van der Waals surface area contributed by atoms with Crippen molar-refractivity contribution < 1.29 is 4.79 Å². The fourth-order valence-corrected chi connectivity index (χ4v) is 2.95. The Morgan fingerprint density at radius 2 is 2.26 bits per heavy atom. The van der Waals surface area contributed by atoms with Crippen LogP contribution in [0.25, 0.3) is 0 Å². The number of hydrogen-bond acceptors (Lipinski definition) is 4. The second-order valence-electron chi connectivity index (χ2n) is 6.26. The van der Waals surface area contributed by atoms with Gasteiger partial charge in [0.2, 0.25) is 5.91 Å². The number of nitrogens with zero attached hydrogens (tertiary/aromatic N) is 2. The molecule has 0 bridgehead atoms. The van der Waals surface area contributed by atoms with Crippen LogP contribution in [0.5, 0.6) is 0 Å². The van der Waals surface area contributed by atoms with E-state index in [-0.39, 0.29) is 17.4 Å². The molecule has 0 saturated carbocycles. The van der Waals surface area contributed by atoms with Crippen LogP contribution < -0.4 is 10.2 Å². The first-order valence-electron chi connectivity index (χ1n) is 6.84. The van der Waals surface area contributed by atoms with E-state index in [1.165, 1.54) is 4.88 Å². The van der Waals surface area contributed by atoms with Crippen molar-refractivity contribution in [3.05, 3.63) is 11.1 Å². The highest BCUT2D eigenvalue weighted by atomic mass is 32.1. The normalized spacial score (nSPS) is 20.4. The maximum atomic E-state index is 12.0. The van der Waals surface area contributed by atoms with E-state index in [0.717, 1.165) is 31.1 Å². The molecule has 0 aliphatic carbocycles. The van der Waals surface area contributed by atoms with E-state index in [1.807, 2.05) is 27.0 Å². The molecule has 1 N–H and O–H groups in total. The van der Waals surface area contributed by atoms with Gasteiger partial charge in [-0.15, -0.1) is 11.3 Å². The van der Waals surface area contributed by atoms with Crippen molar-refractivity contribution in [3.8, 4) is 0 Å². The summed E-state index contributed by atoms with van der Waals surface area (Å²) < 4.78 is 0. The van der Waals surface area contributed by atoms with Crippen molar-refractivity contribution in [2.75, 3.05) is 18.0 Å². The Morgan fingerprint density at radius 3 is 2.84 bits per heavy atom. The quantitative estimate of drug-likeness (QED) is 0.906. The van der Waals surface area contributed by atoms with Gasteiger partial charge in [0.25, 0.3) is 0 Å². The molecule has 19 heavy (non-hydrogen) atoms. The molecule has 1 fully saturated rings. The van der Waals surface area contributed by atoms with Crippen molar-refractivity contribution in [1.29, 1.82) is 0 Å². The van der Waals surface area contributed by atoms with Gasteiger partial charge in [0.15, 0.2) is 5.13 Å². The van der Waals surface area contributed by atoms with Gasteiger partial charge in [-0.25, -0.2) is 4.98 Å². The molecule has 0 spiro atoms. The number of carbonyl (C=O) groups excluding carboxylic acids is 1.